The van der Waals surface area contributed by atoms with Crippen LogP contribution in [0.1, 0.15) is 22.8 Å². The number of benzene rings is 1. The van der Waals surface area contributed by atoms with Crippen LogP contribution in [0.4, 0.5) is 14.6 Å². The van der Waals surface area contributed by atoms with Crippen molar-refractivity contribution in [3.05, 3.63) is 36.4 Å². The molecule has 0 radical (unpaired) electrons. The first kappa shape index (κ1) is 31.1. The predicted octanol–water partition coefficient (Wildman–Crippen LogP) is 0.441. The molecule has 6 heterocycles. The van der Waals surface area contributed by atoms with Gasteiger partial charge in [0.25, 0.3) is 5.91 Å². The van der Waals surface area contributed by atoms with Crippen LogP contribution in [-0.4, -0.2) is 100 Å². The van der Waals surface area contributed by atoms with Gasteiger partial charge in [-0.25, -0.2) is 37.5 Å². The minimum atomic E-state index is -5.17. The van der Waals surface area contributed by atoms with Crippen LogP contribution in [0, 0.1) is 0 Å². The minimum absolute atomic E-state index is 0.0107. The van der Waals surface area contributed by atoms with E-state index in [2.05, 4.69) is 25.3 Å². The van der Waals surface area contributed by atoms with Gasteiger partial charge in [0.05, 0.1) is 30.6 Å². The van der Waals surface area contributed by atoms with Crippen molar-refractivity contribution in [3.8, 4) is 0 Å². The second-order valence-corrected chi connectivity index (χ2v) is 13.2. The van der Waals surface area contributed by atoms with Crippen molar-refractivity contribution in [2.24, 2.45) is 5.73 Å². The summed E-state index contributed by atoms with van der Waals surface area (Å²) in [7, 11) is -10.3. The fourth-order valence-corrected chi connectivity index (χ4v) is 7.35. The summed E-state index contributed by atoms with van der Waals surface area (Å²) in [6.45, 7) is -1.88. The van der Waals surface area contributed by atoms with Crippen molar-refractivity contribution < 1.29 is 60.1 Å². The first-order valence-electron chi connectivity index (χ1n) is 13.3. The number of amides is 1. The van der Waals surface area contributed by atoms with Crippen LogP contribution in [0.5, 0.6) is 0 Å². The Morgan fingerprint density at radius 3 is 2.22 bits per heavy atom. The van der Waals surface area contributed by atoms with Crippen LogP contribution in [-0.2, 0) is 36.7 Å². The van der Waals surface area contributed by atoms with E-state index in [1.807, 2.05) is 0 Å². The van der Waals surface area contributed by atoms with E-state index in [0.717, 1.165) is 21.9 Å². The van der Waals surface area contributed by atoms with E-state index in [-0.39, 0.29) is 33.6 Å². The summed E-state index contributed by atoms with van der Waals surface area (Å²) in [5.74, 6) is -0.840. The Labute approximate surface area is 254 Å². The summed E-state index contributed by atoms with van der Waals surface area (Å²) in [6.07, 6.45) is -12.6. The van der Waals surface area contributed by atoms with Gasteiger partial charge in [0.2, 0.25) is 0 Å². The predicted molar refractivity (Wildman–Crippen MR) is 145 cm³/mol. The normalized spacial score (nSPS) is 37.0. The number of ether oxygens (including phenoxy) is 2. The number of halogens is 2. The Kier molecular flexibility index (Phi) is 7.63. The first-order valence-corrected chi connectivity index (χ1v) is 16.3. The van der Waals surface area contributed by atoms with Gasteiger partial charge >= 0.3 is 15.6 Å². The van der Waals surface area contributed by atoms with Gasteiger partial charge in [0.1, 0.15) is 41.8 Å². The van der Waals surface area contributed by atoms with Crippen LogP contribution in [0.2, 0.25) is 0 Å². The number of fused-ring (bicyclic) bond motifs is 4. The standard InChI is InChI=1S/C22H23F2N9O11P2/c23-12-16-10(41-21(12)32-7-29-15-18(25)27-6-28-20(15)32)4-39-46(37,38)44-17-11(5-40-45(35,36)43-16)42-22(13(17)24)33-9-3-1-2-8(19(26)34)14(9)30-31-33/h1-3,6-7,10-13,16-17,21-22H,4-5H2,(H2,26,34)(H,35,36)(H,37,38)(H2,25,27,28)/t10-,11-,12-,13-,16-,17-,21-,22-/m1/s1. The topological polar surface area (TPSA) is 273 Å². The summed E-state index contributed by atoms with van der Waals surface area (Å²) in [4.78, 5) is 44.7. The lowest BCUT2D eigenvalue weighted by atomic mass is 10.1. The maximum absolute atomic E-state index is 15.9. The van der Waals surface area contributed by atoms with Crippen LogP contribution in [0.15, 0.2) is 30.9 Å². The molecule has 3 aromatic heterocycles. The van der Waals surface area contributed by atoms with Crippen molar-refractivity contribution in [1.82, 2.24) is 34.5 Å². The Morgan fingerprint density at radius 2 is 1.57 bits per heavy atom. The van der Waals surface area contributed by atoms with Crippen LogP contribution >= 0.6 is 15.6 Å². The zero-order chi connectivity index (χ0) is 32.5. The number of aromatic nitrogens is 7. The average Bonchev–Trinajstić information content (AvgIpc) is 3.76. The average molecular weight is 689 g/mol. The van der Waals surface area contributed by atoms with Crippen molar-refractivity contribution >= 4 is 49.6 Å². The van der Waals surface area contributed by atoms with Gasteiger partial charge < -0.3 is 30.7 Å². The summed E-state index contributed by atoms with van der Waals surface area (Å²) < 4.78 is 91.5. The Bertz CT molecular complexity index is 1930. The molecule has 3 aliphatic rings. The number of imidazole rings is 1. The number of hydrogen-bond acceptors (Lipinski definition) is 15. The third-order valence-corrected chi connectivity index (χ3v) is 9.49. The molecule has 246 valence electrons. The molecule has 24 heteroatoms. The Hall–Kier alpha value is -3.56. The third kappa shape index (κ3) is 5.35. The van der Waals surface area contributed by atoms with Crippen molar-refractivity contribution in [2.45, 2.75) is 49.2 Å². The summed E-state index contributed by atoms with van der Waals surface area (Å²) >= 11 is 0. The van der Waals surface area contributed by atoms with Crippen LogP contribution < -0.4 is 11.5 Å². The van der Waals surface area contributed by atoms with E-state index in [0.29, 0.717) is 0 Å². The minimum Gasteiger partial charge on any atom is -0.382 e. The number of alkyl halides is 2. The van der Waals surface area contributed by atoms with Gasteiger partial charge in [-0.05, 0) is 12.1 Å². The molecule has 1 aromatic carbocycles. The zero-order valence-corrected chi connectivity index (χ0v) is 24.7. The smallest absolute Gasteiger partial charge is 0.382 e. The van der Waals surface area contributed by atoms with E-state index in [1.165, 1.54) is 18.2 Å². The number of hydrogen-bond donors (Lipinski definition) is 4. The van der Waals surface area contributed by atoms with E-state index < -0.39 is 84.0 Å². The lowest BCUT2D eigenvalue weighted by molar-refractivity contribution is -0.0678. The molecule has 7 rings (SSSR count). The molecule has 4 aromatic rings. The molecule has 0 aliphatic carbocycles. The number of anilines is 1. The summed E-state index contributed by atoms with van der Waals surface area (Å²) in [6, 6.07) is 4.24. The SMILES string of the molecule is NC(=O)c1cccc2c1nnn2[C@@H]1O[C@@H]2COP(=O)(O)O[C@H]3[C@@H](F)[C@H](n4cnc5c(N)ncnc54)O[C@@H]3COP(=O)(O)O[C@H]2[C@H]1F. The molecule has 2 unspecified atom stereocenters. The molecular weight excluding hydrogens is 666 g/mol. The second kappa shape index (κ2) is 11.3. The summed E-state index contributed by atoms with van der Waals surface area (Å²) in [5, 5.41) is 7.69. The summed E-state index contributed by atoms with van der Waals surface area (Å²) in [5.41, 5.74) is 11.4. The third-order valence-electron chi connectivity index (χ3n) is 7.52. The second-order valence-electron chi connectivity index (χ2n) is 10.3. The Balaban J connectivity index is 1.16. The quantitative estimate of drug-likeness (QED) is 0.212. The fraction of sp³-hybridized carbons (Fsp3) is 0.455. The highest BCUT2D eigenvalue weighted by atomic mass is 31.2. The highest BCUT2D eigenvalue weighted by Gasteiger charge is 2.55. The molecule has 3 fully saturated rings. The van der Waals surface area contributed by atoms with E-state index in [4.69, 9.17) is 39.0 Å². The zero-order valence-electron chi connectivity index (χ0n) is 22.9. The van der Waals surface area contributed by atoms with Gasteiger partial charge in [0, 0.05) is 0 Å². The number of phosphoric acid groups is 2. The molecule has 0 saturated carbocycles. The fourth-order valence-electron chi connectivity index (χ4n) is 5.44. The lowest BCUT2D eigenvalue weighted by Gasteiger charge is -2.27. The molecule has 46 heavy (non-hydrogen) atoms. The maximum Gasteiger partial charge on any atom is 0.472 e. The molecule has 6 N–H and O–H groups in total. The number of nitrogens with zero attached hydrogens (tertiary/aromatic N) is 7. The molecule has 1 amide bonds. The number of primary amides is 1. The van der Waals surface area contributed by atoms with Gasteiger partial charge in [-0.15, -0.1) is 5.10 Å². The van der Waals surface area contributed by atoms with Gasteiger partial charge in [-0.1, -0.05) is 11.3 Å². The van der Waals surface area contributed by atoms with E-state index >= 15 is 8.78 Å². The molecule has 0 spiro atoms. The molecule has 20 nitrogen and oxygen atoms in total. The molecular formula is C22H23F2N9O11P2. The number of nitrogen functional groups attached to an aromatic ring is 1. The lowest BCUT2D eigenvalue weighted by Crippen LogP contribution is -2.37. The maximum atomic E-state index is 15.9. The van der Waals surface area contributed by atoms with E-state index in [9.17, 15) is 23.7 Å². The molecule has 3 saturated heterocycles. The van der Waals surface area contributed by atoms with Crippen molar-refractivity contribution in [3.63, 3.8) is 0 Å². The first-order chi connectivity index (χ1) is 21.8. The van der Waals surface area contributed by atoms with Gasteiger partial charge in [-0.2, -0.15) is 0 Å². The Morgan fingerprint density at radius 1 is 0.935 bits per heavy atom. The number of carbonyl (C=O) groups is 1. The highest BCUT2D eigenvalue weighted by Crippen LogP contribution is 2.54. The molecule has 10 atom stereocenters. The molecule has 3 aliphatic heterocycles. The number of nitrogens with two attached hydrogens (primary N) is 2. The van der Waals surface area contributed by atoms with Crippen LogP contribution in [0.3, 0.4) is 0 Å². The van der Waals surface area contributed by atoms with Crippen LogP contribution in [0.25, 0.3) is 22.2 Å². The number of carbonyl (C=O) groups excluding carboxylic acids is 1. The van der Waals surface area contributed by atoms with E-state index in [1.54, 1.807) is 0 Å². The van der Waals surface area contributed by atoms with Crippen molar-refractivity contribution in [1.29, 1.82) is 0 Å². The number of rotatable bonds is 3. The monoisotopic (exact) mass is 689 g/mol. The molecule has 0 bridgehead atoms. The van der Waals surface area contributed by atoms with Gasteiger partial charge in [0.15, 0.2) is 36.3 Å². The largest absolute Gasteiger partial charge is 0.472 e. The van der Waals surface area contributed by atoms with Crippen molar-refractivity contribution in [2.75, 3.05) is 18.9 Å². The highest BCUT2D eigenvalue weighted by molar-refractivity contribution is 7.47. The number of phosphoric ester groups is 2. The van der Waals surface area contributed by atoms with Gasteiger partial charge in [-0.3, -0.25) is 27.5 Å².